The molecule has 1 fully saturated rings. The smallest absolute Gasteiger partial charge is 0.0214 e. The summed E-state index contributed by atoms with van der Waals surface area (Å²) in [6.45, 7) is 19.3. The average molecular weight is 587 g/mol. The zero-order chi connectivity index (χ0) is 31.1. The Morgan fingerprint density at radius 1 is 0.837 bits per heavy atom. The number of likely N-dealkylation sites (tertiary alicyclic amines) is 1. The van der Waals surface area contributed by atoms with Gasteiger partial charge in [-0.05, 0) is 98.8 Å². The van der Waals surface area contributed by atoms with Gasteiger partial charge in [-0.3, -0.25) is 0 Å². The van der Waals surface area contributed by atoms with E-state index in [0.717, 1.165) is 25.4 Å². The summed E-state index contributed by atoms with van der Waals surface area (Å²) in [6.07, 6.45) is 23.1. The monoisotopic (exact) mass is 587 g/mol. The second-order valence-electron chi connectivity index (χ2n) is 12.8. The number of nitrogens with zero attached hydrogens (tertiary/aromatic N) is 1. The summed E-state index contributed by atoms with van der Waals surface area (Å²) in [4.78, 5) is 2.67. The van der Waals surface area contributed by atoms with Gasteiger partial charge in [0.05, 0.1) is 0 Å². The number of rotatable bonds is 14. The van der Waals surface area contributed by atoms with Gasteiger partial charge >= 0.3 is 0 Å². The summed E-state index contributed by atoms with van der Waals surface area (Å²) < 4.78 is 0. The van der Waals surface area contributed by atoms with Gasteiger partial charge in [0.15, 0.2) is 0 Å². The Bertz CT molecular complexity index is 1010. The predicted molar refractivity (Wildman–Crippen MR) is 192 cm³/mol. The first-order chi connectivity index (χ1) is 21.0. The van der Waals surface area contributed by atoms with Gasteiger partial charge in [-0.25, -0.2) is 0 Å². The molecular formula is C41H66N2. The molecule has 240 valence electrons. The first kappa shape index (κ1) is 37.0. The fourth-order valence-corrected chi connectivity index (χ4v) is 5.96. The minimum Gasteiger partial charge on any atom is -0.313 e. The predicted octanol–water partition coefficient (Wildman–Crippen LogP) is 11.2. The second-order valence-corrected chi connectivity index (χ2v) is 12.8. The topological polar surface area (TPSA) is 15.3 Å². The van der Waals surface area contributed by atoms with Crippen LogP contribution in [0.15, 0.2) is 72.3 Å². The standard InChI is InChI=1S/C20H27N.C13H21N.C8H18/c1-17-12-14-21(15-13-17)16-20(18-8-4-2-5-9-18)19-10-6-3-7-11-19;1-4-8-14-10-12-7-6-11(3)13(5-2)9-12;1-3-5-7-8-6-4-2/h2,4-6,8-11,17,20H,3,7,12-16H2,1H3;6-7,9,14H,4-5,8,10H2,1-3H3;3-8H2,1-2H3. The molecule has 0 radical (unpaired) electrons. The number of allylic oxidation sites excluding steroid dienone is 3. The fraction of sp³-hybridized carbons (Fsp3) is 0.610. The lowest BCUT2D eigenvalue weighted by Gasteiger charge is -2.34. The zero-order valence-corrected chi connectivity index (χ0v) is 29.0. The molecule has 1 heterocycles. The highest BCUT2D eigenvalue weighted by atomic mass is 15.1. The molecule has 0 amide bonds. The summed E-state index contributed by atoms with van der Waals surface area (Å²) in [5.74, 6) is 1.45. The molecule has 0 spiro atoms. The molecule has 1 N–H and O–H groups in total. The third kappa shape index (κ3) is 15.4. The zero-order valence-electron chi connectivity index (χ0n) is 29.0. The highest BCUT2D eigenvalue weighted by molar-refractivity contribution is 5.37. The van der Waals surface area contributed by atoms with Crippen LogP contribution < -0.4 is 5.32 Å². The molecule has 1 atom stereocenters. The minimum absolute atomic E-state index is 0.538. The van der Waals surface area contributed by atoms with Crippen LogP contribution in [0.5, 0.6) is 0 Å². The summed E-state index contributed by atoms with van der Waals surface area (Å²) >= 11 is 0. The van der Waals surface area contributed by atoms with Crippen LogP contribution in [-0.4, -0.2) is 31.1 Å². The van der Waals surface area contributed by atoms with Crippen LogP contribution in [-0.2, 0) is 13.0 Å². The van der Waals surface area contributed by atoms with E-state index < -0.39 is 0 Å². The van der Waals surface area contributed by atoms with Gasteiger partial charge in [0.25, 0.3) is 0 Å². The van der Waals surface area contributed by atoms with E-state index in [0.29, 0.717) is 5.92 Å². The summed E-state index contributed by atoms with van der Waals surface area (Å²) in [5, 5.41) is 3.42. The second kappa shape index (κ2) is 23.3. The molecular weight excluding hydrogens is 520 g/mol. The van der Waals surface area contributed by atoms with Gasteiger partial charge in [-0.15, -0.1) is 0 Å². The largest absolute Gasteiger partial charge is 0.313 e. The molecule has 0 aromatic heterocycles. The van der Waals surface area contributed by atoms with E-state index in [4.69, 9.17) is 0 Å². The van der Waals surface area contributed by atoms with Crippen LogP contribution >= 0.6 is 0 Å². The van der Waals surface area contributed by atoms with Crippen molar-refractivity contribution >= 4 is 0 Å². The first-order valence-electron chi connectivity index (χ1n) is 17.9. The average Bonchev–Trinajstić information content (AvgIpc) is 3.05. The maximum absolute atomic E-state index is 3.42. The minimum atomic E-state index is 0.538. The summed E-state index contributed by atoms with van der Waals surface area (Å²) in [6, 6.07) is 17.8. The number of aryl methyl sites for hydroxylation is 2. The van der Waals surface area contributed by atoms with Crippen molar-refractivity contribution in [2.75, 3.05) is 26.2 Å². The molecule has 1 unspecified atom stereocenters. The van der Waals surface area contributed by atoms with E-state index in [1.807, 2.05) is 0 Å². The third-order valence-corrected chi connectivity index (χ3v) is 8.95. The Morgan fingerprint density at radius 2 is 1.53 bits per heavy atom. The molecule has 4 rings (SSSR count). The molecule has 1 saturated heterocycles. The Balaban J connectivity index is 0.000000253. The molecule has 2 aromatic rings. The van der Waals surface area contributed by atoms with E-state index in [1.165, 1.54) is 118 Å². The van der Waals surface area contributed by atoms with Gasteiger partial charge in [-0.2, -0.15) is 0 Å². The highest BCUT2D eigenvalue weighted by Gasteiger charge is 2.22. The Morgan fingerprint density at radius 3 is 2.12 bits per heavy atom. The maximum atomic E-state index is 3.42. The Kier molecular flexibility index (Phi) is 20.0. The van der Waals surface area contributed by atoms with Crippen LogP contribution in [0, 0.1) is 12.8 Å². The van der Waals surface area contributed by atoms with Crippen LogP contribution in [0.2, 0.25) is 0 Å². The lowest BCUT2D eigenvalue weighted by molar-refractivity contribution is 0.187. The first-order valence-corrected chi connectivity index (χ1v) is 17.9. The lowest BCUT2D eigenvalue weighted by Crippen LogP contribution is -2.36. The molecule has 2 heteroatoms. The molecule has 2 aliphatic rings. The van der Waals surface area contributed by atoms with Crippen LogP contribution in [0.1, 0.15) is 133 Å². The van der Waals surface area contributed by atoms with Gasteiger partial charge in [0, 0.05) is 19.0 Å². The SMILES string of the molecule is CC1CCN(CC(C2=CCCC=C2)c2ccccc2)CC1.CCCCCCCC.CCCNCc1ccc(C)c(CC)c1. The molecule has 43 heavy (non-hydrogen) atoms. The van der Waals surface area contributed by atoms with E-state index >= 15 is 0 Å². The van der Waals surface area contributed by atoms with Crippen LogP contribution in [0.25, 0.3) is 0 Å². The molecule has 1 aliphatic heterocycles. The van der Waals surface area contributed by atoms with Crippen molar-refractivity contribution in [3.63, 3.8) is 0 Å². The number of nitrogens with one attached hydrogen (secondary N) is 1. The molecule has 0 saturated carbocycles. The number of hydrogen-bond acceptors (Lipinski definition) is 2. The molecule has 0 bridgehead atoms. The fourth-order valence-electron chi connectivity index (χ4n) is 5.96. The maximum Gasteiger partial charge on any atom is 0.0214 e. The Hall–Kier alpha value is -2.16. The van der Waals surface area contributed by atoms with Crippen molar-refractivity contribution in [2.45, 2.75) is 131 Å². The van der Waals surface area contributed by atoms with E-state index in [2.05, 4.69) is 119 Å². The number of unbranched alkanes of at least 4 members (excludes halogenated alkanes) is 5. The van der Waals surface area contributed by atoms with Crippen molar-refractivity contribution in [3.8, 4) is 0 Å². The van der Waals surface area contributed by atoms with Crippen molar-refractivity contribution in [2.24, 2.45) is 5.92 Å². The van der Waals surface area contributed by atoms with Crippen molar-refractivity contribution in [3.05, 3.63) is 94.6 Å². The third-order valence-electron chi connectivity index (χ3n) is 8.95. The normalized spacial score (nSPS) is 16.0. The summed E-state index contributed by atoms with van der Waals surface area (Å²) in [7, 11) is 0. The van der Waals surface area contributed by atoms with Gasteiger partial charge < -0.3 is 10.2 Å². The van der Waals surface area contributed by atoms with Gasteiger partial charge in [0.2, 0.25) is 0 Å². The quantitative estimate of drug-likeness (QED) is 0.221. The lowest BCUT2D eigenvalue weighted by atomic mass is 9.86. The van der Waals surface area contributed by atoms with Crippen molar-refractivity contribution < 1.29 is 0 Å². The van der Waals surface area contributed by atoms with Crippen molar-refractivity contribution in [1.82, 2.24) is 10.2 Å². The number of hydrogen-bond donors (Lipinski definition) is 1. The van der Waals surface area contributed by atoms with Gasteiger partial charge in [-0.1, -0.05) is 140 Å². The van der Waals surface area contributed by atoms with Crippen LogP contribution in [0.3, 0.4) is 0 Å². The molecule has 2 aromatic carbocycles. The number of benzene rings is 2. The Labute approximate surface area is 267 Å². The molecule has 1 aliphatic carbocycles. The van der Waals surface area contributed by atoms with Crippen molar-refractivity contribution in [1.29, 1.82) is 0 Å². The van der Waals surface area contributed by atoms with E-state index in [9.17, 15) is 0 Å². The highest BCUT2D eigenvalue weighted by Crippen LogP contribution is 2.30. The van der Waals surface area contributed by atoms with E-state index in [-0.39, 0.29) is 0 Å². The number of piperidine rings is 1. The van der Waals surface area contributed by atoms with Crippen LogP contribution in [0.4, 0.5) is 0 Å². The van der Waals surface area contributed by atoms with Gasteiger partial charge in [0.1, 0.15) is 0 Å². The molecule has 2 nitrogen and oxygen atoms in total. The van der Waals surface area contributed by atoms with E-state index in [1.54, 1.807) is 0 Å². The summed E-state index contributed by atoms with van der Waals surface area (Å²) in [5.41, 5.74) is 7.27.